The van der Waals surface area contributed by atoms with Gasteiger partial charge in [0.15, 0.2) is 0 Å². The largest absolute Gasteiger partial charge is 0.229 e. The Labute approximate surface area is 140 Å². The Morgan fingerprint density at radius 1 is 1.21 bits per heavy atom. The smallest absolute Gasteiger partial charge is 0.150 e. The van der Waals surface area contributed by atoms with Crippen LogP contribution in [0.2, 0.25) is 0 Å². The lowest BCUT2D eigenvalue weighted by molar-refractivity contribution is 0.523. The predicted octanol–water partition coefficient (Wildman–Crippen LogP) is 4.30. The van der Waals surface area contributed by atoms with Crippen LogP contribution in [0, 0.1) is 0 Å². The first-order chi connectivity index (χ1) is 8.89. The standard InChI is InChI=1S/C13H17Br3O2S/c1-2-19(17,18)7-6-13(9-14,10-15)11-4-3-5-12(16)8-11/h3-5,8H,2,6-7,9-10H2,1H3. The summed E-state index contributed by atoms with van der Waals surface area (Å²) in [5.41, 5.74) is 0.938. The summed E-state index contributed by atoms with van der Waals surface area (Å²) in [5.74, 6) is 0.416. The number of hydrogen-bond donors (Lipinski definition) is 0. The lowest BCUT2D eigenvalue weighted by Crippen LogP contribution is -2.33. The fourth-order valence-corrected chi connectivity index (χ4v) is 5.31. The molecule has 0 atom stereocenters. The molecule has 0 saturated carbocycles. The summed E-state index contributed by atoms with van der Waals surface area (Å²) in [7, 11) is -2.94. The van der Waals surface area contributed by atoms with Crippen molar-refractivity contribution in [3.05, 3.63) is 34.3 Å². The molecule has 0 saturated heterocycles. The zero-order valence-corrected chi connectivity index (χ0v) is 16.3. The van der Waals surface area contributed by atoms with E-state index in [4.69, 9.17) is 0 Å². The number of benzene rings is 1. The summed E-state index contributed by atoms with van der Waals surface area (Å²) in [5, 5.41) is 1.45. The van der Waals surface area contributed by atoms with E-state index in [-0.39, 0.29) is 16.9 Å². The summed E-state index contributed by atoms with van der Waals surface area (Å²) in [6.07, 6.45) is 0.607. The quantitative estimate of drug-likeness (QED) is 0.550. The van der Waals surface area contributed by atoms with Crippen molar-refractivity contribution in [2.24, 2.45) is 0 Å². The Bertz CT molecular complexity index is 510. The van der Waals surface area contributed by atoms with Gasteiger partial charge in [-0.05, 0) is 24.1 Å². The van der Waals surface area contributed by atoms with Gasteiger partial charge in [0.1, 0.15) is 9.84 Å². The van der Waals surface area contributed by atoms with Crippen molar-refractivity contribution in [1.29, 1.82) is 0 Å². The van der Waals surface area contributed by atoms with Gasteiger partial charge in [-0.1, -0.05) is 66.8 Å². The van der Waals surface area contributed by atoms with E-state index in [1.165, 1.54) is 0 Å². The van der Waals surface area contributed by atoms with Gasteiger partial charge in [-0.25, -0.2) is 8.42 Å². The summed E-state index contributed by atoms with van der Waals surface area (Å²) >= 11 is 10.6. The SMILES string of the molecule is CCS(=O)(=O)CCC(CBr)(CBr)c1cccc(Br)c1. The van der Waals surface area contributed by atoms with Crippen LogP contribution in [0.15, 0.2) is 28.7 Å². The molecule has 0 bridgehead atoms. The molecular formula is C13H17Br3O2S. The average Bonchev–Trinajstić information content (AvgIpc) is 2.41. The van der Waals surface area contributed by atoms with Gasteiger partial charge in [0.05, 0.1) is 5.75 Å². The number of rotatable bonds is 7. The number of alkyl halides is 2. The van der Waals surface area contributed by atoms with Gasteiger partial charge in [0.25, 0.3) is 0 Å². The predicted molar refractivity (Wildman–Crippen MR) is 92.4 cm³/mol. The number of sulfone groups is 1. The van der Waals surface area contributed by atoms with Crippen molar-refractivity contribution in [2.45, 2.75) is 18.8 Å². The third kappa shape index (κ3) is 4.83. The fourth-order valence-electron chi connectivity index (χ4n) is 1.78. The minimum absolute atomic E-state index is 0.201. The molecule has 108 valence electrons. The molecule has 0 N–H and O–H groups in total. The molecule has 1 rings (SSSR count). The van der Waals surface area contributed by atoms with Gasteiger partial charge in [0, 0.05) is 26.3 Å². The summed E-state index contributed by atoms with van der Waals surface area (Å²) in [4.78, 5) is 0. The van der Waals surface area contributed by atoms with E-state index in [2.05, 4.69) is 53.9 Å². The monoisotopic (exact) mass is 474 g/mol. The van der Waals surface area contributed by atoms with Crippen LogP contribution in [0.4, 0.5) is 0 Å². The van der Waals surface area contributed by atoms with Crippen LogP contribution >= 0.6 is 47.8 Å². The zero-order chi connectivity index (χ0) is 14.5. The third-order valence-corrected chi connectivity index (χ3v) is 7.63. The van der Waals surface area contributed by atoms with E-state index in [1.807, 2.05) is 18.2 Å². The van der Waals surface area contributed by atoms with E-state index < -0.39 is 9.84 Å². The Hall–Kier alpha value is 0.610. The first-order valence-corrected chi connectivity index (χ1v) is 10.8. The first kappa shape index (κ1) is 17.7. The van der Waals surface area contributed by atoms with E-state index in [1.54, 1.807) is 6.92 Å². The molecule has 0 amide bonds. The average molecular weight is 477 g/mol. The second-order valence-corrected chi connectivity index (χ2v) is 9.05. The maximum atomic E-state index is 11.7. The summed E-state index contributed by atoms with van der Waals surface area (Å²) in [6.45, 7) is 1.69. The molecule has 0 aliphatic carbocycles. The second-order valence-electron chi connectivity index (χ2n) is 4.54. The van der Waals surface area contributed by atoms with E-state index >= 15 is 0 Å². The van der Waals surface area contributed by atoms with Gasteiger partial charge in [-0.2, -0.15) is 0 Å². The minimum atomic E-state index is -2.94. The molecule has 0 heterocycles. The maximum absolute atomic E-state index is 11.7. The number of hydrogen-bond acceptors (Lipinski definition) is 2. The van der Waals surface area contributed by atoms with Crippen LogP contribution in [0.5, 0.6) is 0 Å². The van der Waals surface area contributed by atoms with Gasteiger partial charge < -0.3 is 0 Å². The van der Waals surface area contributed by atoms with Crippen LogP contribution in [-0.4, -0.2) is 30.6 Å². The normalized spacial score (nSPS) is 12.6. The zero-order valence-electron chi connectivity index (χ0n) is 10.7. The van der Waals surface area contributed by atoms with Gasteiger partial charge in [-0.3, -0.25) is 0 Å². The van der Waals surface area contributed by atoms with Gasteiger partial charge in [0.2, 0.25) is 0 Å². The molecule has 0 aliphatic rings. The van der Waals surface area contributed by atoms with Crippen LogP contribution in [0.25, 0.3) is 0 Å². The van der Waals surface area contributed by atoms with Crippen LogP contribution in [0.1, 0.15) is 18.9 Å². The molecule has 0 unspecified atom stereocenters. The molecule has 6 heteroatoms. The molecule has 0 aliphatic heterocycles. The first-order valence-electron chi connectivity index (χ1n) is 5.97. The van der Waals surface area contributed by atoms with Gasteiger partial charge in [-0.15, -0.1) is 0 Å². The maximum Gasteiger partial charge on any atom is 0.150 e. The van der Waals surface area contributed by atoms with E-state index in [0.29, 0.717) is 6.42 Å². The molecule has 1 aromatic rings. The second kappa shape index (κ2) is 7.57. The third-order valence-electron chi connectivity index (χ3n) is 3.28. The Morgan fingerprint density at radius 3 is 2.32 bits per heavy atom. The highest BCUT2D eigenvalue weighted by atomic mass is 79.9. The molecule has 0 aromatic heterocycles. The van der Waals surface area contributed by atoms with Crippen LogP contribution in [-0.2, 0) is 15.3 Å². The van der Waals surface area contributed by atoms with Crippen molar-refractivity contribution in [1.82, 2.24) is 0 Å². The molecule has 0 fully saturated rings. The van der Waals surface area contributed by atoms with E-state index in [9.17, 15) is 8.42 Å². The van der Waals surface area contributed by atoms with Crippen LogP contribution < -0.4 is 0 Å². The molecule has 1 aromatic carbocycles. The summed E-state index contributed by atoms with van der Waals surface area (Å²) < 4.78 is 24.5. The Morgan fingerprint density at radius 2 is 1.84 bits per heavy atom. The van der Waals surface area contributed by atoms with Crippen molar-refractivity contribution >= 4 is 57.6 Å². The lowest BCUT2D eigenvalue weighted by Gasteiger charge is -2.30. The molecule has 2 nitrogen and oxygen atoms in total. The van der Waals surface area contributed by atoms with Gasteiger partial charge >= 0.3 is 0 Å². The summed E-state index contributed by atoms with van der Waals surface area (Å²) in [6, 6.07) is 8.06. The van der Waals surface area contributed by atoms with Crippen molar-refractivity contribution < 1.29 is 8.42 Å². The minimum Gasteiger partial charge on any atom is -0.229 e. The highest BCUT2D eigenvalue weighted by Gasteiger charge is 2.31. The van der Waals surface area contributed by atoms with Crippen molar-refractivity contribution in [3.8, 4) is 0 Å². The van der Waals surface area contributed by atoms with Crippen molar-refractivity contribution in [3.63, 3.8) is 0 Å². The fraction of sp³-hybridized carbons (Fsp3) is 0.538. The Balaban J connectivity index is 3.04. The highest BCUT2D eigenvalue weighted by molar-refractivity contribution is 9.10. The molecular weight excluding hydrogens is 460 g/mol. The molecule has 19 heavy (non-hydrogen) atoms. The topological polar surface area (TPSA) is 34.1 Å². The molecule has 0 spiro atoms. The van der Waals surface area contributed by atoms with Crippen LogP contribution in [0.3, 0.4) is 0 Å². The highest BCUT2D eigenvalue weighted by Crippen LogP contribution is 2.34. The molecule has 0 radical (unpaired) electrons. The van der Waals surface area contributed by atoms with Crippen molar-refractivity contribution in [2.75, 3.05) is 22.2 Å². The number of halogens is 3. The lowest BCUT2D eigenvalue weighted by atomic mass is 9.82. The van der Waals surface area contributed by atoms with E-state index in [0.717, 1.165) is 20.7 Å². The Kier molecular flexibility index (Phi) is 7.04.